The summed E-state index contributed by atoms with van der Waals surface area (Å²) in [6.45, 7) is 1.73. The van der Waals surface area contributed by atoms with Crippen LogP contribution in [0.3, 0.4) is 0 Å². The van der Waals surface area contributed by atoms with Crippen LogP contribution in [0.15, 0.2) is 35.3 Å². The molecule has 0 spiro atoms. The summed E-state index contributed by atoms with van der Waals surface area (Å²) in [6, 6.07) is 7.39. The summed E-state index contributed by atoms with van der Waals surface area (Å²) in [7, 11) is -2.01. The molecule has 3 aromatic rings. The van der Waals surface area contributed by atoms with Crippen LogP contribution in [-0.2, 0) is 21.3 Å². The molecular weight excluding hydrogens is 370 g/mol. The van der Waals surface area contributed by atoms with Gasteiger partial charge in [-0.2, -0.15) is 8.42 Å². The SMILES string of the molecule is Cc1cccc2cc3c(=O)n(C)cc(C(=O)NCCOS(C)(=O)=O)c3nc12. The molecule has 2 heterocycles. The van der Waals surface area contributed by atoms with E-state index in [0.29, 0.717) is 16.4 Å². The van der Waals surface area contributed by atoms with Crippen molar-refractivity contribution in [2.45, 2.75) is 6.92 Å². The molecule has 0 aliphatic heterocycles. The zero-order chi connectivity index (χ0) is 19.8. The first-order chi connectivity index (χ1) is 12.7. The summed E-state index contributed by atoms with van der Waals surface area (Å²) in [6.07, 6.45) is 2.36. The highest BCUT2D eigenvalue weighted by molar-refractivity contribution is 7.85. The Hall–Kier alpha value is -2.78. The van der Waals surface area contributed by atoms with Gasteiger partial charge in [-0.25, -0.2) is 4.98 Å². The minimum absolute atomic E-state index is 0.00282. The second-order valence-electron chi connectivity index (χ2n) is 6.27. The summed E-state index contributed by atoms with van der Waals surface area (Å²) >= 11 is 0. The Bertz CT molecular complexity index is 1220. The van der Waals surface area contributed by atoms with Gasteiger partial charge >= 0.3 is 0 Å². The molecule has 1 amide bonds. The van der Waals surface area contributed by atoms with Crippen LogP contribution in [0.1, 0.15) is 15.9 Å². The van der Waals surface area contributed by atoms with E-state index in [0.717, 1.165) is 17.2 Å². The second kappa shape index (κ2) is 7.09. The van der Waals surface area contributed by atoms with Crippen LogP contribution in [0.25, 0.3) is 21.8 Å². The lowest BCUT2D eigenvalue weighted by Crippen LogP contribution is -2.30. The lowest BCUT2D eigenvalue weighted by atomic mass is 10.1. The van der Waals surface area contributed by atoms with E-state index in [-0.39, 0.29) is 24.3 Å². The third-order valence-electron chi connectivity index (χ3n) is 4.11. The molecule has 27 heavy (non-hydrogen) atoms. The van der Waals surface area contributed by atoms with Gasteiger partial charge in [-0.3, -0.25) is 13.8 Å². The number of aromatic nitrogens is 2. The van der Waals surface area contributed by atoms with Crippen molar-refractivity contribution < 1.29 is 17.4 Å². The van der Waals surface area contributed by atoms with Crippen molar-refractivity contribution in [2.24, 2.45) is 7.05 Å². The van der Waals surface area contributed by atoms with Crippen molar-refractivity contribution in [3.8, 4) is 0 Å². The highest BCUT2D eigenvalue weighted by Crippen LogP contribution is 2.22. The van der Waals surface area contributed by atoms with Crippen molar-refractivity contribution in [1.82, 2.24) is 14.9 Å². The molecule has 1 aromatic carbocycles. The van der Waals surface area contributed by atoms with Crippen LogP contribution in [0, 0.1) is 6.92 Å². The number of nitrogens with zero attached hydrogens (tertiary/aromatic N) is 2. The number of pyridine rings is 2. The topological polar surface area (TPSA) is 107 Å². The van der Waals surface area contributed by atoms with Gasteiger partial charge in [0.15, 0.2) is 0 Å². The van der Waals surface area contributed by atoms with Crippen LogP contribution in [0.2, 0.25) is 0 Å². The number of para-hydroxylation sites is 1. The molecule has 8 nitrogen and oxygen atoms in total. The van der Waals surface area contributed by atoms with Gasteiger partial charge in [-0.15, -0.1) is 0 Å². The van der Waals surface area contributed by atoms with Crippen LogP contribution in [0.5, 0.6) is 0 Å². The fraction of sp³-hybridized carbons (Fsp3) is 0.278. The van der Waals surface area contributed by atoms with Gasteiger partial charge in [-0.1, -0.05) is 18.2 Å². The smallest absolute Gasteiger partial charge is 0.264 e. The van der Waals surface area contributed by atoms with Gasteiger partial charge in [-0.05, 0) is 18.6 Å². The molecule has 0 radical (unpaired) electrons. The van der Waals surface area contributed by atoms with Crippen molar-refractivity contribution in [1.29, 1.82) is 0 Å². The molecule has 0 aliphatic rings. The number of hydrogen-bond acceptors (Lipinski definition) is 6. The molecule has 0 bridgehead atoms. The third kappa shape index (κ3) is 3.99. The maximum Gasteiger partial charge on any atom is 0.264 e. The molecule has 0 unspecified atom stereocenters. The van der Waals surface area contributed by atoms with Crippen molar-refractivity contribution >= 4 is 37.8 Å². The molecule has 3 rings (SSSR count). The monoisotopic (exact) mass is 389 g/mol. The average Bonchev–Trinajstić information content (AvgIpc) is 2.60. The molecule has 142 valence electrons. The van der Waals surface area contributed by atoms with Crippen LogP contribution < -0.4 is 10.9 Å². The Balaban J connectivity index is 2.04. The number of nitrogens with one attached hydrogen (secondary N) is 1. The molecular formula is C18H19N3O5S. The quantitative estimate of drug-likeness (QED) is 0.398. The number of hydrogen-bond donors (Lipinski definition) is 1. The summed E-state index contributed by atoms with van der Waals surface area (Å²) in [5.74, 6) is -0.465. The summed E-state index contributed by atoms with van der Waals surface area (Å²) in [5.41, 5.74) is 1.94. The highest BCUT2D eigenvalue weighted by Gasteiger charge is 2.16. The van der Waals surface area contributed by atoms with Gasteiger partial charge in [0.2, 0.25) is 0 Å². The molecule has 1 N–H and O–H groups in total. The average molecular weight is 389 g/mol. The molecule has 0 atom stereocenters. The van der Waals surface area contributed by atoms with E-state index in [4.69, 9.17) is 0 Å². The number of carbonyl (C=O) groups is 1. The number of fused-ring (bicyclic) bond motifs is 2. The minimum atomic E-state index is -3.57. The summed E-state index contributed by atoms with van der Waals surface area (Å²) in [5, 5.41) is 3.75. The largest absolute Gasteiger partial charge is 0.350 e. The van der Waals surface area contributed by atoms with E-state index < -0.39 is 16.0 Å². The van der Waals surface area contributed by atoms with Crippen LogP contribution in [0.4, 0.5) is 0 Å². The van der Waals surface area contributed by atoms with E-state index >= 15 is 0 Å². The van der Waals surface area contributed by atoms with E-state index in [1.807, 2.05) is 25.1 Å². The van der Waals surface area contributed by atoms with E-state index in [9.17, 15) is 18.0 Å². The Kier molecular flexibility index (Phi) is 4.99. The second-order valence-corrected chi connectivity index (χ2v) is 7.92. The lowest BCUT2D eigenvalue weighted by Gasteiger charge is -2.11. The van der Waals surface area contributed by atoms with E-state index in [1.165, 1.54) is 10.8 Å². The lowest BCUT2D eigenvalue weighted by molar-refractivity contribution is 0.0948. The Morgan fingerprint density at radius 1 is 1.30 bits per heavy atom. The Morgan fingerprint density at radius 3 is 2.74 bits per heavy atom. The zero-order valence-electron chi connectivity index (χ0n) is 15.1. The minimum Gasteiger partial charge on any atom is -0.350 e. The first-order valence-electron chi connectivity index (χ1n) is 8.20. The summed E-state index contributed by atoms with van der Waals surface area (Å²) in [4.78, 5) is 29.7. The van der Waals surface area contributed by atoms with Crippen molar-refractivity contribution in [2.75, 3.05) is 19.4 Å². The maximum absolute atomic E-state index is 12.6. The number of amides is 1. The normalized spacial score (nSPS) is 11.8. The van der Waals surface area contributed by atoms with E-state index in [2.05, 4.69) is 14.5 Å². The van der Waals surface area contributed by atoms with Gasteiger partial charge in [0.05, 0.1) is 34.8 Å². The highest BCUT2D eigenvalue weighted by atomic mass is 32.2. The van der Waals surface area contributed by atoms with Gasteiger partial charge < -0.3 is 9.88 Å². The standard InChI is InChI=1S/C18H19N3O5S/c1-11-5-4-6-12-9-13-16(20-15(11)12)14(10-21(2)18(13)23)17(22)19-7-8-26-27(3,24)25/h4-6,9-10H,7-8H2,1-3H3,(H,19,22). The molecule has 0 saturated heterocycles. The predicted octanol–water partition coefficient (Wildman–Crippen LogP) is 1.10. The Morgan fingerprint density at radius 2 is 2.04 bits per heavy atom. The zero-order valence-corrected chi connectivity index (χ0v) is 16.0. The first kappa shape index (κ1) is 19.0. The van der Waals surface area contributed by atoms with Gasteiger partial charge in [0.1, 0.15) is 0 Å². The van der Waals surface area contributed by atoms with Crippen LogP contribution in [-0.4, -0.2) is 43.3 Å². The predicted molar refractivity (Wildman–Crippen MR) is 102 cm³/mol. The van der Waals surface area contributed by atoms with E-state index in [1.54, 1.807) is 13.1 Å². The molecule has 0 saturated carbocycles. The number of carbonyl (C=O) groups excluding carboxylic acids is 1. The fourth-order valence-electron chi connectivity index (χ4n) is 2.84. The molecule has 0 aliphatic carbocycles. The van der Waals surface area contributed by atoms with Crippen molar-refractivity contribution in [3.63, 3.8) is 0 Å². The molecule has 2 aromatic heterocycles. The first-order valence-corrected chi connectivity index (χ1v) is 10.0. The van der Waals surface area contributed by atoms with Crippen molar-refractivity contribution in [3.05, 3.63) is 51.9 Å². The summed E-state index contributed by atoms with van der Waals surface area (Å²) < 4.78 is 27.9. The Labute approximate surface area is 155 Å². The van der Waals surface area contributed by atoms with Gasteiger partial charge in [0.25, 0.3) is 21.6 Å². The number of rotatable bonds is 5. The maximum atomic E-state index is 12.6. The number of benzene rings is 1. The number of aryl methyl sites for hydroxylation is 2. The van der Waals surface area contributed by atoms with Crippen LogP contribution >= 0.6 is 0 Å². The van der Waals surface area contributed by atoms with Gasteiger partial charge in [0, 0.05) is 25.2 Å². The fourth-order valence-corrected chi connectivity index (χ4v) is 3.22. The molecule has 0 fully saturated rings. The third-order valence-corrected chi connectivity index (χ3v) is 4.70. The molecule has 9 heteroatoms.